The first-order valence-electron chi connectivity index (χ1n) is 10.8. The molecule has 6 nitrogen and oxygen atoms in total. The van der Waals surface area contributed by atoms with Gasteiger partial charge < -0.3 is 29.0 Å². The molecule has 0 spiro atoms. The van der Waals surface area contributed by atoms with Crippen molar-refractivity contribution in [3.05, 3.63) is 53.1 Å². The molecule has 0 bridgehead atoms. The van der Waals surface area contributed by atoms with E-state index < -0.39 is 5.79 Å². The maximum atomic E-state index is 6.24. The lowest BCUT2D eigenvalue weighted by atomic mass is 9.80. The van der Waals surface area contributed by atoms with E-state index in [2.05, 4.69) is 43.4 Å². The molecule has 0 saturated carbocycles. The van der Waals surface area contributed by atoms with Gasteiger partial charge in [-0.2, -0.15) is 0 Å². The molecule has 6 heteroatoms. The minimum Gasteiger partial charge on any atom is -0.493 e. The van der Waals surface area contributed by atoms with Crippen molar-refractivity contribution in [2.45, 2.75) is 44.4 Å². The molecule has 1 atom stereocenters. The van der Waals surface area contributed by atoms with Gasteiger partial charge in [0.05, 0.1) is 34.5 Å². The van der Waals surface area contributed by atoms with Gasteiger partial charge in [-0.25, -0.2) is 0 Å². The third kappa shape index (κ3) is 4.52. The standard InChI is InChI=1S/C25H35NO5/c1-7-24(26-3,19-10-8-18(2)9-11-19)12-13-25(30-14-15-31-25)20-16-21(27-4)23(29-6)22(17-20)28-5/h8-11,16-17,26H,7,12-15H2,1-6H3. The maximum Gasteiger partial charge on any atom is 0.203 e. The highest BCUT2D eigenvalue weighted by Crippen LogP contribution is 2.46. The Kier molecular flexibility index (Phi) is 7.46. The van der Waals surface area contributed by atoms with Gasteiger partial charge in [-0.15, -0.1) is 0 Å². The molecule has 0 aromatic heterocycles. The van der Waals surface area contributed by atoms with E-state index in [0.29, 0.717) is 36.9 Å². The number of ether oxygens (including phenoxy) is 5. The third-order valence-corrected chi connectivity index (χ3v) is 6.43. The van der Waals surface area contributed by atoms with Gasteiger partial charge >= 0.3 is 0 Å². The lowest BCUT2D eigenvalue weighted by Crippen LogP contribution is -2.41. The van der Waals surface area contributed by atoms with Crippen LogP contribution in [0.5, 0.6) is 17.2 Å². The first kappa shape index (κ1) is 23.4. The molecular weight excluding hydrogens is 394 g/mol. The van der Waals surface area contributed by atoms with Crippen molar-refractivity contribution < 1.29 is 23.7 Å². The zero-order chi connectivity index (χ0) is 22.5. The fourth-order valence-electron chi connectivity index (χ4n) is 4.43. The number of benzene rings is 2. The van der Waals surface area contributed by atoms with Gasteiger partial charge in [-0.05, 0) is 44.5 Å². The van der Waals surface area contributed by atoms with Crippen molar-refractivity contribution in [2.24, 2.45) is 0 Å². The molecule has 170 valence electrons. The van der Waals surface area contributed by atoms with E-state index in [9.17, 15) is 0 Å². The van der Waals surface area contributed by atoms with Gasteiger partial charge in [-0.3, -0.25) is 0 Å². The first-order chi connectivity index (χ1) is 15.0. The van der Waals surface area contributed by atoms with Gasteiger partial charge in [0.2, 0.25) is 5.75 Å². The molecule has 1 aliphatic heterocycles. The quantitative estimate of drug-likeness (QED) is 0.599. The van der Waals surface area contributed by atoms with E-state index >= 15 is 0 Å². The van der Waals surface area contributed by atoms with Crippen LogP contribution < -0.4 is 19.5 Å². The van der Waals surface area contributed by atoms with Crippen LogP contribution >= 0.6 is 0 Å². The average Bonchev–Trinajstić information content (AvgIpc) is 3.30. The summed E-state index contributed by atoms with van der Waals surface area (Å²) in [7, 11) is 6.85. The number of aryl methyl sites for hydroxylation is 1. The molecule has 1 unspecified atom stereocenters. The van der Waals surface area contributed by atoms with Crippen LogP contribution in [0.25, 0.3) is 0 Å². The Morgan fingerprint density at radius 1 is 0.968 bits per heavy atom. The molecule has 2 aromatic rings. The second-order valence-corrected chi connectivity index (χ2v) is 7.92. The van der Waals surface area contributed by atoms with Crippen LogP contribution in [0.4, 0.5) is 0 Å². The molecule has 1 saturated heterocycles. The van der Waals surface area contributed by atoms with Crippen molar-refractivity contribution in [1.29, 1.82) is 0 Å². The maximum absolute atomic E-state index is 6.24. The Morgan fingerprint density at radius 2 is 1.55 bits per heavy atom. The second-order valence-electron chi connectivity index (χ2n) is 7.92. The zero-order valence-electron chi connectivity index (χ0n) is 19.5. The van der Waals surface area contributed by atoms with Crippen molar-refractivity contribution in [1.82, 2.24) is 5.32 Å². The SMILES string of the molecule is CCC(CCC1(c2cc(OC)c(OC)c(OC)c2)OCCO1)(NC)c1ccc(C)cc1. The van der Waals surface area contributed by atoms with E-state index in [0.717, 1.165) is 18.4 Å². The molecule has 1 N–H and O–H groups in total. The zero-order valence-corrected chi connectivity index (χ0v) is 19.5. The largest absolute Gasteiger partial charge is 0.493 e. The van der Waals surface area contributed by atoms with Gasteiger partial charge in [0.1, 0.15) is 0 Å². The summed E-state index contributed by atoms with van der Waals surface area (Å²) in [5.41, 5.74) is 3.20. The lowest BCUT2D eigenvalue weighted by Gasteiger charge is -2.37. The summed E-state index contributed by atoms with van der Waals surface area (Å²) in [5.74, 6) is 0.863. The Hall–Kier alpha value is -2.28. The minimum absolute atomic E-state index is 0.184. The van der Waals surface area contributed by atoms with Crippen molar-refractivity contribution >= 4 is 0 Å². The van der Waals surface area contributed by atoms with Gasteiger partial charge in [-0.1, -0.05) is 36.8 Å². The van der Waals surface area contributed by atoms with Gasteiger partial charge in [0.25, 0.3) is 0 Å². The molecule has 1 aliphatic rings. The average molecular weight is 430 g/mol. The van der Waals surface area contributed by atoms with Crippen LogP contribution in [0.15, 0.2) is 36.4 Å². The van der Waals surface area contributed by atoms with Crippen LogP contribution in [0.1, 0.15) is 42.9 Å². The Labute approximate surface area is 185 Å². The molecule has 31 heavy (non-hydrogen) atoms. The van der Waals surface area contributed by atoms with Crippen molar-refractivity contribution in [2.75, 3.05) is 41.6 Å². The minimum atomic E-state index is -0.866. The Balaban J connectivity index is 1.97. The summed E-state index contributed by atoms with van der Waals surface area (Å²) in [4.78, 5) is 0. The number of methoxy groups -OCH3 is 3. The number of rotatable bonds is 10. The van der Waals surface area contributed by atoms with E-state index in [-0.39, 0.29) is 5.54 Å². The molecule has 1 fully saturated rings. The predicted octanol–water partition coefficient (Wildman–Crippen LogP) is 4.53. The highest BCUT2D eigenvalue weighted by Gasteiger charge is 2.42. The molecule has 0 aliphatic carbocycles. The monoisotopic (exact) mass is 429 g/mol. The molecule has 0 amide bonds. The molecule has 0 radical (unpaired) electrons. The number of hydrogen-bond donors (Lipinski definition) is 1. The summed E-state index contributed by atoms with van der Waals surface area (Å²) < 4.78 is 29.1. The third-order valence-electron chi connectivity index (χ3n) is 6.43. The van der Waals surface area contributed by atoms with E-state index in [4.69, 9.17) is 23.7 Å². The van der Waals surface area contributed by atoms with E-state index in [1.54, 1.807) is 21.3 Å². The molecule has 3 rings (SSSR count). The van der Waals surface area contributed by atoms with Crippen LogP contribution in [0.2, 0.25) is 0 Å². The molecule has 1 heterocycles. The predicted molar refractivity (Wildman–Crippen MR) is 121 cm³/mol. The van der Waals surface area contributed by atoms with Gasteiger partial charge in [0, 0.05) is 17.5 Å². The van der Waals surface area contributed by atoms with Crippen LogP contribution in [-0.4, -0.2) is 41.6 Å². The highest BCUT2D eigenvalue weighted by atomic mass is 16.7. The second kappa shape index (κ2) is 9.90. The van der Waals surface area contributed by atoms with E-state index in [1.807, 2.05) is 19.2 Å². The van der Waals surface area contributed by atoms with Crippen molar-refractivity contribution in [3.8, 4) is 17.2 Å². The smallest absolute Gasteiger partial charge is 0.203 e. The summed E-state index contributed by atoms with van der Waals surface area (Å²) in [6.07, 6.45) is 2.45. The molecule has 2 aromatic carbocycles. The fourth-order valence-corrected chi connectivity index (χ4v) is 4.43. The van der Waals surface area contributed by atoms with Crippen LogP contribution in [0, 0.1) is 6.92 Å². The number of hydrogen-bond acceptors (Lipinski definition) is 6. The summed E-state index contributed by atoms with van der Waals surface area (Å²) in [6.45, 7) is 5.40. The van der Waals surface area contributed by atoms with Crippen LogP contribution in [-0.2, 0) is 20.8 Å². The van der Waals surface area contributed by atoms with Crippen molar-refractivity contribution in [3.63, 3.8) is 0 Å². The number of nitrogens with one attached hydrogen (secondary N) is 1. The normalized spacial score (nSPS) is 17.2. The topological polar surface area (TPSA) is 58.2 Å². The summed E-state index contributed by atoms with van der Waals surface area (Å²) in [6, 6.07) is 12.6. The molecular formula is C25H35NO5. The van der Waals surface area contributed by atoms with E-state index in [1.165, 1.54) is 11.1 Å². The first-order valence-corrected chi connectivity index (χ1v) is 10.8. The summed E-state index contributed by atoms with van der Waals surface area (Å²) in [5, 5.41) is 3.58. The Bertz CT molecular complexity index is 830. The summed E-state index contributed by atoms with van der Waals surface area (Å²) >= 11 is 0. The van der Waals surface area contributed by atoms with Crippen LogP contribution in [0.3, 0.4) is 0 Å². The van der Waals surface area contributed by atoms with Gasteiger partial charge in [0.15, 0.2) is 17.3 Å². The fraction of sp³-hybridized carbons (Fsp3) is 0.520. The highest BCUT2D eigenvalue weighted by molar-refractivity contribution is 5.54. The lowest BCUT2D eigenvalue weighted by molar-refractivity contribution is -0.174. The Morgan fingerprint density at radius 3 is 2.00 bits per heavy atom.